The van der Waals surface area contributed by atoms with E-state index in [1.54, 1.807) is 6.07 Å². The Bertz CT molecular complexity index is 1210. The first-order valence-corrected chi connectivity index (χ1v) is 10.7. The largest absolute Gasteiger partial charge is 0.496 e. The van der Waals surface area contributed by atoms with Crippen molar-refractivity contribution in [1.82, 2.24) is 0 Å². The highest BCUT2D eigenvalue weighted by Gasteiger charge is 2.40. The summed E-state index contributed by atoms with van der Waals surface area (Å²) in [6.45, 7) is 3.27. The molecule has 33 heavy (non-hydrogen) atoms. The number of unbranched alkanes of at least 4 members (excludes halogenated alkanes) is 3. The van der Waals surface area contributed by atoms with Gasteiger partial charge in [0.05, 0.1) is 18.1 Å². The number of benzene rings is 2. The lowest BCUT2D eigenvalue weighted by atomic mass is 9.98. The monoisotopic (exact) mass is 462 g/mol. The third kappa shape index (κ3) is 5.38. The molecular formula is C25H25F3O5. The Morgan fingerprint density at radius 2 is 1.79 bits per heavy atom. The SMILES string of the molecule is CCCCCCc1cc2c(=O)c(-c3ccccc3OC)c(C(F)(F)F)oc2cc1OC(C)=O. The quantitative estimate of drug-likeness (QED) is 0.216. The molecule has 0 bridgehead atoms. The van der Waals surface area contributed by atoms with Crippen molar-refractivity contribution in [2.24, 2.45) is 0 Å². The van der Waals surface area contributed by atoms with Crippen LogP contribution >= 0.6 is 0 Å². The van der Waals surface area contributed by atoms with E-state index in [1.165, 1.54) is 44.4 Å². The smallest absolute Gasteiger partial charge is 0.450 e. The molecule has 8 heteroatoms. The summed E-state index contributed by atoms with van der Waals surface area (Å²) < 4.78 is 57.5. The molecule has 0 fully saturated rings. The van der Waals surface area contributed by atoms with Crippen molar-refractivity contribution < 1.29 is 31.9 Å². The summed E-state index contributed by atoms with van der Waals surface area (Å²) in [7, 11) is 1.31. The highest BCUT2D eigenvalue weighted by Crippen LogP contribution is 2.41. The van der Waals surface area contributed by atoms with E-state index in [0.717, 1.165) is 25.7 Å². The minimum Gasteiger partial charge on any atom is -0.496 e. The van der Waals surface area contributed by atoms with Crippen LogP contribution in [-0.4, -0.2) is 13.1 Å². The second-order valence-electron chi connectivity index (χ2n) is 7.69. The number of halogens is 3. The maximum atomic E-state index is 13.9. The van der Waals surface area contributed by atoms with E-state index in [0.29, 0.717) is 12.0 Å². The Kier molecular flexibility index (Phi) is 7.46. The number of hydrogen-bond donors (Lipinski definition) is 0. The second-order valence-corrected chi connectivity index (χ2v) is 7.69. The first kappa shape index (κ1) is 24.4. The van der Waals surface area contributed by atoms with Gasteiger partial charge in [0.2, 0.25) is 11.2 Å². The molecule has 176 valence electrons. The van der Waals surface area contributed by atoms with Crippen molar-refractivity contribution in [3.63, 3.8) is 0 Å². The van der Waals surface area contributed by atoms with E-state index in [4.69, 9.17) is 13.9 Å². The van der Waals surface area contributed by atoms with Crippen molar-refractivity contribution in [2.75, 3.05) is 7.11 Å². The lowest BCUT2D eigenvalue weighted by Crippen LogP contribution is -2.17. The molecule has 0 spiro atoms. The number of ether oxygens (including phenoxy) is 2. The van der Waals surface area contributed by atoms with Gasteiger partial charge in [0, 0.05) is 18.6 Å². The average molecular weight is 462 g/mol. The summed E-state index contributed by atoms with van der Waals surface area (Å²) in [5.41, 5.74) is -1.22. The van der Waals surface area contributed by atoms with E-state index in [-0.39, 0.29) is 28.0 Å². The summed E-state index contributed by atoms with van der Waals surface area (Å²) in [5, 5.41) is -0.0229. The summed E-state index contributed by atoms with van der Waals surface area (Å²) in [6.07, 6.45) is -0.680. The number of alkyl halides is 3. The molecule has 0 N–H and O–H groups in total. The van der Waals surface area contributed by atoms with Gasteiger partial charge in [0.15, 0.2) is 0 Å². The number of rotatable bonds is 8. The van der Waals surface area contributed by atoms with Crippen LogP contribution in [0.2, 0.25) is 0 Å². The zero-order valence-electron chi connectivity index (χ0n) is 18.7. The average Bonchev–Trinajstić information content (AvgIpc) is 2.76. The maximum absolute atomic E-state index is 13.9. The van der Waals surface area contributed by atoms with E-state index < -0.39 is 28.9 Å². The molecule has 3 aromatic rings. The highest BCUT2D eigenvalue weighted by atomic mass is 19.4. The number of hydrogen-bond acceptors (Lipinski definition) is 5. The molecule has 0 saturated carbocycles. The minimum atomic E-state index is -4.94. The zero-order valence-corrected chi connectivity index (χ0v) is 18.7. The number of carbonyl (C=O) groups is 1. The molecule has 0 amide bonds. The molecule has 0 saturated heterocycles. The number of fused-ring (bicyclic) bond motifs is 1. The Morgan fingerprint density at radius 1 is 1.06 bits per heavy atom. The Labute approximate surface area is 189 Å². The fourth-order valence-electron chi connectivity index (χ4n) is 3.75. The Morgan fingerprint density at radius 3 is 2.42 bits per heavy atom. The van der Waals surface area contributed by atoms with E-state index in [9.17, 15) is 22.8 Å². The van der Waals surface area contributed by atoms with Gasteiger partial charge in [-0.15, -0.1) is 0 Å². The van der Waals surface area contributed by atoms with Crippen LogP contribution in [0.5, 0.6) is 11.5 Å². The van der Waals surface area contributed by atoms with Crippen molar-refractivity contribution in [3.8, 4) is 22.6 Å². The summed E-state index contributed by atoms with van der Waals surface area (Å²) in [5.74, 6) is -1.85. The van der Waals surface area contributed by atoms with Crippen molar-refractivity contribution in [2.45, 2.75) is 52.1 Å². The van der Waals surface area contributed by atoms with Crippen LogP contribution in [0.25, 0.3) is 22.1 Å². The number of carbonyl (C=O) groups excluding carboxylic acids is 1. The first-order chi connectivity index (χ1) is 15.7. The first-order valence-electron chi connectivity index (χ1n) is 10.7. The van der Waals surface area contributed by atoms with Crippen molar-refractivity contribution in [1.29, 1.82) is 0 Å². The summed E-state index contributed by atoms with van der Waals surface area (Å²) in [4.78, 5) is 25.0. The van der Waals surface area contributed by atoms with Gasteiger partial charge >= 0.3 is 12.1 Å². The van der Waals surface area contributed by atoms with Gasteiger partial charge in [-0.1, -0.05) is 44.4 Å². The predicted molar refractivity (Wildman–Crippen MR) is 119 cm³/mol. The lowest BCUT2D eigenvalue weighted by molar-refractivity contribution is -0.152. The molecule has 0 unspecified atom stereocenters. The van der Waals surface area contributed by atoms with Crippen LogP contribution in [0.1, 0.15) is 50.9 Å². The molecule has 0 aliphatic carbocycles. The van der Waals surface area contributed by atoms with Crippen molar-refractivity contribution >= 4 is 16.9 Å². The van der Waals surface area contributed by atoms with Gasteiger partial charge < -0.3 is 13.9 Å². The van der Waals surface area contributed by atoms with Gasteiger partial charge in [0.25, 0.3) is 0 Å². The van der Waals surface area contributed by atoms with Crippen LogP contribution < -0.4 is 14.9 Å². The van der Waals surface area contributed by atoms with Gasteiger partial charge in [-0.05, 0) is 30.5 Å². The Balaban J connectivity index is 2.30. The molecule has 1 aromatic heterocycles. The standard InChI is InChI=1S/C25H25F3O5/c1-4-5-6-7-10-16-13-18-21(14-20(16)32-15(2)29)33-24(25(26,27)28)22(23(18)30)17-11-8-9-12-19(17)31-3/h8-9,11-14H,4-7,10H2,1-3H3. The van der Waals surface area contributed by atoms with Crippen LogP contribution in [0, 0.1) is 0 Å². The molecular weight excluding hydrogens is 437 g/mol. The van der Waals surface area contributed by atoms with Gasteiger partial charge in [-0.3, -0.25) is 9.59 Å². The molecule has 1 heterocycles. The molecule has 3 rings (SSSR count). The van der Waals surface area contributed by atoms with Crippen molar-refractivity contribution in [3.05, 3.63) is 57.9 Å². The van der Waals surface area contributed by atoms with E-state index >= 15 is 0 Å². The molecule has 0 aliphatic rings. The molecule has 0 radical (unpaired) electrons. The van der Waals surface area contributed by atoms with Gasteiger partial charge in [-0.2, -0.15) is 13.2 Å². The van der Waals surface area contributed by atoms with Gasteiger partial charge in [0.1, 0.15) is 17.1 Å². The fraction of sp³-hybridized carbons (Fsp3) is 0.360. The molecule has 5 nitrogen and oxygen atoms in total. The molecule has 2 aromatic carbocycles. The maximum Gasteiger partial charge on any atom is 0.450 e. The normalized spacial score (nSPS) is 11.6. The fourth-order valence-corrected chi connectivity index (χ4v) is 3.75. The van der Waals surface area contributed by atoms with E-state index in [2.05, 4.69) is 6.92 Å². The minimum absolute atomic E-state index is 0.0171. The van der Waals surface area contributed by atoms with Crippen LogP contribution in [0.4, 0.5) is 13.2 Å². The molecule has 0 aliphatic heterocycles. The Hall–Kier alpha value is -3.29. The summed E-state index contributed by atoms with van der Waals surface area (Å²) >= 11 is 0. The van der Waals surface area contributed by atoms with Crippen LogP contribution in [0.15, 0.2) is 45.6 Å². The third-order valence-corrected chi connectivity index (χ3v) is 5.26. The number of methoxy groups -OCH3 is 1. The number of esters is 1. The highest BCUT2D eigenvalue weighted by molar-refractivity contribution is 5.87. The lowest BCUT2D eigenvalue weighted by Gasteiger charge is -2.16. The topological polar surface area (TPSA) is 65.7 Å². The van der Waals surface area contributed by atoms with E-state index in [1.807, 2.05) is 0 Å². The second kappa shape index (κ2) is 10.1. The third-order valence-electron chi connectivity index (χ3n) is 5.26. The predicted octanol–water partition coefficient (Wildman–Crippen LogP) is 6.54. The zero-order chi connectivity index (χ0) is 24.2. The van der Waals surface area contributed by atoms with Crippen LogP contribution in [-0.2, 0) is 17.4 Å². The summed E-state index contributed by atoms with van der Waals surface area (Å²) in [6, 6.07) is 8.62. The molecule has 0 atom stereocenters. The van der Waals surface area contributed by atoms with Crippen LogP contribution in [0.3, 0.4) is 0 Å². The number of para-hydroxylation sites is 1. The van der Waals surface area contributed by atoms with Gasteiger partial charge in [-0.25, -0.2) is 0 Å². The number of aryl methyl sites for hydroxylation is 1.